The summed E-state index contributed by atoms with van der Waals surface area (Å²) in [5.74, 6) is 0.625. The molecule has 1 aromatic rings. The second-order valence-electron chi connectivity index (χ2n) is 5.58. The molecule has 0 saturated carbocycles. The molecule has 3 N–H and O–H groups in total. The van der Waals surface area contributed by atoms with Gasteiger partial charge in [-0.25, -0.2) is 0 Å². The lowest BCUT2D eigenvalue weighted by Crippen LogP contribution is -2.57. The van der Waals surface area contributed by atoms with Crippen LogP contribution in [-0.2, 0) is 16.1 Å². The second-order valence-corrected chi connectivity index (χ2v) is 5.58. The average molecular weight is 343 g/mol. The summed E-state index contributed by atoms with van der Waals surface area (Å²) in [4.78, 5) is 10.6. The number of rotatable bonds is 4. The van der Waals surface area contributed by atoms with Gasteiger partial charge in [0.25, 0.3) is 5.69 Å². The van der Waals surface area contributed by atoms with Crippen LogP contribution in [0.15, 0.2) is 12.1 Å². The fourth-order valence-corrected chi connectivity index (χ4v) is 2.58. The Morgan fingerprint density at radius 2 is 1.88 bits per heavy atom. The highest BCUT2D eigenvalue weighted by atomic mass is 16.7. The van der Waals surface area contributed by atoms with E-state index in [2.05, 4.69) is 0 Å². The van der Waals surface area contributed by atoms with Gasteiger partial charge >= 0.3 is 0 Å². The van der Waals surface area contributed by atoms with E-state index in [-0.39, 0.29) is 30.4 Å². The van der Waals surface area contributed by atoms with Gasteiger partial charge in [0.2, 0.25) is 6.79 Å². The Kier molecular flexibility index (Phi) is 4.56. The first-order chi connectivity index (χ1) is 11.4. The lowest BCUT2D eigenvalue weighted by Gasteiger charge is -2.38. The zero-order valence-electron chi connectivity index (χ0n) is 12.7. The number of aliphatic hydroxyl groups excluding tert-OH is 3. The van der Waals surface area contributed by atoms with Gasteiger partial charge in [-0.05, 0) is 13.0 Å². The van der Waals surface area contributed by atoms with Crippen molar-refractivity contribution in [3.63, 3.8) is 0 Å². The van der Waals surface area contributed by atoms with Gasteiger partial charge < -0.3 is 34.3 Å². The normalized spacial score (nSPS) is 31.9. The molecule has 1 saturated heterocycles. The minimum atomic E-state index is -1.48. The van der Waals surface area contributed by atoms with Crippen molar-refractivity contribution in [1.29, 1.82) is 0 Å². The molecular formula is C14H17NO9. The minimum Gasteiger partial charge on any atom is -0.454 e. The Hall–Kier alpha value is -1.98. The summed E-state index contributed by atoms with van der Waals surface area (Å²) >= 11 is 0. The lowest BCUT2D eigenvalue weighted by molar-refractivity contribution is -0.386. The van der Waals surface area contributed by atoms with E-state index in [1.807, 2.05) is 0 Å². The van der Waals surface area contributed by atoms with Crippen molar-refractivity contribution in [2.24, 2.45) is 0 Å². The van der Waals surface area contributed by atoms with Crippen molar-refractivity contribution in [3.05, 3.63) is 27.8 Å². The van der Waals surface area contributed by atoms with E-state index >= 15 is 0 Å². The summed E-state index contributed by atoms with van der Waals surface area (Å²) in [5, 5.41) is 40.5. The van der Waals surface area contributed by atoms with Gasteiger partial charge in [0.1, 0.15) is 18.3 Å². The zero-order valence-corrected chi connectivity index (χ0v) is 12.7. The molecule has 132 valence electrons. The number of hydrogen-bond donors (Lipinski definition) is 3. The largest absolute Gasteiger partial charge is 0.454 e. The van der Waals surface area contributed by atoms with Crippen LogP contribution in [-0.4, -0.2) is 57.7 Å². The van der Waals surface area contributed by atoms with Gasteiger partial charge in [-0.15, -0.1) is 0 Å². The quantitative estimate of drug-likeness (QED) is 0.495. The van der Waals surface area contributed by atoms with Crippen molar-refractivity contribution in [2.75, 3.05) is 6.79 Å². The number of nitro groups is 1. The fraction of sp³-hybridized carbons (Fsp3) is 0.571. The van der Waals surface area contributed by atoms with Crippen molar-refractivity contribution in [3.8, 4) is 11.5 Å². The summed E-state index contributed by atoms with van der Waals surface area (Å²) in [6, 6.07) is 2.66. The topological polar surface area (TPSA) is 141 Å². The fourth-order valence-electron chi connectivity index (χ4n) is 2.58. The predicted molar refractivity (Wildman–Crippen MR) is 76.4 cm³/mol. The third-order valence-corrected chi connectivity index (χ3v) is 3.98. The molecule has 1 fully saturated rings. The molecule has 0 radical (unpaired) electrons. The first kappa shape index (κ1) is 16.9. The van der Waals surface area contributed by atoms with Crippen LogP contribution in [0, 0.1) is 10.1 Å². The Labute approximate surface area is 136 Å². The van der Waals surface area contributed by atoms with E-state index in [0.717, 1.165) is 0 Å². The van der Waals surface area contributed by atoms with Crippen molar-refractivity contribution in [2.45, 2.75) is 44.2 Å². The second kappa shape index (κ2) is 6.49. The predicted octanol–water partition coefficient (Wildman–Crippen LogP) is -0.332. The molecule has 10 heteroatoms. The molecule has 2 heterocycles. The molecule has 0 spiro atoms. The van der Waals surface area contributed by atoms with Gasteiger partial charge in [-0.2, -0.15) is 0 Å². The molecule has 0 aliphatic carbocycles. The Bertz CT molecular complexity index is 637. The van der Waals surface area contributed by atoms with Crippen LogP contribution >= 0.6 is 0 Å². The van der Waals surface area contributed by atoms with Crippen molar-refractivity contribution < 1.29 is 39.2 Å². The van der Waals surface area contributed by atoms with E-state index < -0.39 is 35.6 Å². The number of nitro benzene ring substituents is 1. The van der Waals surface area contributed by atoms with Crippen molar-refractivity contribution >= 4 is 5.69 Å². The van der Waals surface area contributed by atoms with Gasteiger partial charge in [0.15, 0.2) is 17.8 Å². The maximum absolute atomic E-state index is 11.2. The maximum atomic E-state index is 11.2. The smallest absolute Gasteiger partial charge is 0.278 e. The van der Waals surface area contributed by atoms with E-state index in [0.29, 0.717) is 5.75 Å². The molecular weight excluding hydrogens is 326 g/mol. The van der Waals surface area contributed by atoms with E-state index in [9.17, 15) is 25.4 Å². The summed E-state index contributed by atoms with van der Waals surface area (Å²) < 4.78 is 20.9. The average Bonchev–Trinajstić information content (AvgIpc) is 3.01. The summed E-state index contributed by atoms with van der Waals surface area (Å²) in [6.07, 6.45) is -6.17. The Balaban J connectivity index is 1.76. The molecule has 0 aromatic heterocycles. The van der Waals surface area contributed by atoms with E-state index in [1.165, 1.54) is 19.1 Å². The number of fused-ring (bicyclic) bond motifs is 1. The molecule has 10 nitrogen and oxygen atoms in total. The third kappa shape index (κ3) is 3.01. The summed E-state index contributed by atoms with van der Waals surface area (Å²) in [5.41, 5.74) is -0.0218. The van der Waals surface area contributed by atoms with Crippen LogP contribution in [0.5, 0.6) is 11.5 Å². The van der Waals surface area contributed by atoms with Crippen LogP contribution in [0.1, 0.15) is 12.5 Å². The molecule has 5 atom stereocenters. The number of ether oxygens (including phenoxy) is 4. The van der Waals surface area contributed by atoms with E-state index in [1.54, 1.807) is 0 Å². The lowest BCUT2D eigenvalue weighted by atomic mass is 10.00. The van der Waals surface area contributed by atoms with Crippen molar-refractivity contribution in [1.82, 2.24) is 0 Å². The van der Waals surface area contributed by atoms with Gasteiger partial charge in [0.05, 0.1) is 29.3 Å². The molecule has 2 aliphatic heterocycles. The van der Waals surface area contributed by atoms with Gasteiger partial charge in [-0.1, -0.05) is 0 Å². The Morgan fingerprint density at radius 1 is 1.21 bits per heavy atom. The third-order valence-electron chi connectivity index (χ3n) is 3.98. The van der Waals surface area contributed by atoms with Crippen LogP contribution < -0.4 is 9.47 Å². The van der Waals surface area contributed by atoms with Gasteiger partial charge in [-0.3, -0.25) is 10.1 Å². The first-order valence-corrected chi connectivity index (χ1v) is 7.26. The van der Waals surface area contributed by atoms with Crippen LogP contribution in [0.3, 0.4) is 0 Å². The molecule has 0 bridgehead atoms. The highest BCUT2D eigenvalue weighted by Gasteiger charge is 2.42. The molecule has 2 aliphatic rings. The van der Waals surface area contributed by atoms with Crippen LogP contribution in [0.2, 0.25) is 0 Å². The minimum absolute atomic E-state index is 0.0250. The maximum Gasteiger partial charge on any atom is 0.278 e. The molecule has 1 aromatic carbocycles. The van der Waals surface area contributed by atoms with Crippen LogP contribution in [0.25, 0.3) is 0 Å². The SMILES string of the molecule is CC1O[C@H](OCc2cc3c(cc2[N+](=O)[O-])OCO3)C(O)C(O)[C@H]1O. The first-order valence-electron chi connectivity index (χ1n) is 7.26. The molecule has 24 heavy (non-hydrogen) atoms. The summed E-state index contributed by atoms with van der Waals surface area (Å²) in [7, 11) is 0. The molecule has 3 rings (SSSR count). The number of hydrogen-bond acceptors (Lipinski definition) is 9. The number of nitrogens with zero attached hydrogens (tertiary/aromatic N) is 1. The summed E-state index contributed by atoms with van der Waals surface area (Å²) in [6.45, 7) is 1.23. The zero-order chi connectivity index (χ0) is 17.4. The highest BCUT2D eigenvalue weighted by molar-refractivity contribution is 5.55. The highest BCUT2D eigenvalue weighted by Crippen LogP contribution is 2.38. The molecule has 3 unspecified atom stereocenters. The van der Waals surface area contributed by atoms with Gasteiger partial charge in [0, 0.05) is 0 Å². The Morgan fingerprint density at radius 3 is 2.54 bits per heavy atom. The standard InChI is InChI=1S/C14H17NO9/c1-6-11(16)12(17)13(18)14(24-6)21-4-7-2-9-10(23-5-22-9)3-8(7)15(19)20/h2-3,6,11-14,16-18H,4-5H2,1H3/t6?,11-,12?,13?,14-/m0/s1. The van der Waals surface area contributed by atoms with Crippen LogP contribution in [0.4, 0.5) is 5.69 Å². The number of aliphatic hydroxyl groups is 3. The molecule has 0 amide bonds. The number of benzene rings is 1. The van der Waals surface area contributed by atoms with E-state index in [4.69, 9.17) is 18.9 Å². The monoisotopic (exact) mass is 343 g/mol.